The molecule has 120 valence electrons. The number of primary amides is 1. The van der Waals surface area contributed by atoms with Crippen LogP contribution in [0.1, 0.15) is 25.8 Å². The zero-order chi connectivity index (χ0) is 16.5. The van der Waals surface area contributed by atoms with E-state index in [0.29, 0.717) is 22.7 Å². The zero-order valence-corrected chi connectivity index (χ0v) is 13.0. The highest BCUT2D eigenvalue weighted by molar-refractivity contribution is 8.00. The van der Waals surface area contributed by atoms with Gasteiger partial charge in [0.2, 0.25) is 5.91 Å². The number of imidazole rings is 1. The molecule has 4 nitrogen and oxygen atoms in total. The molecule has 0 aliphatic rings. The number of carbonyl (C=O) groups excluding carboxylic acids is 1. The molecule has 0 fully saturated rings. The molecule has 2 N–H and O–H groups in total. The van der Waals surface area contributed by atoms with Crippen molar-refractivity contribution in [3.63, 3.8) is 0 Å². The Kier molecular flexibility index (Phi) is 4.69. The topological polar surface area (TPSA) is 60.9 Å². The van der Waals surface area contributed by atoms with Crippen molar-refractivity contribution in [1.29, 1.82) is 0 Å². The van der Waals surface area contributed by atoms with Crippen LogP contribution in [0.3, 0.4) is 0 Å². The lowest BCUT2D eigenvalue weighted by atomic mass is 10.2. The molecule has 2 rings (SSSR count). The monoisotopic (exact) mass is 331 g/mol. The number of halogens is 3. The maximum Gasteiger partial charge on any atom is 0.416 e. The van der Waals surface area contributed by atoms with E-state index in [1.54, 1.807) is 11.5 Å². The van der Waals surface area contributed by atoms with Gasteiger partial charge in [-0.25, -0.2) is 4.98 Å². The lowest BCUT2D eigenvalue weighted by Crippen LogP contribution is -2.23. The van der Waals surface area contributed by atoms with Crippen molar-refractivity contribution >= 4 is 28.7 Å². The molecular formula is C14H16F3N3OS. The molecule has 0 saturated carbocycles. The first-order chi connectivity index (χ1) is 10.2. The smallest absolute Gasteiger partial charge is 0.369 e. The molecule has 1 aromatic carbocycles. The minimum Gasteiger partial charge on any atom is -0.369 e. The second-order valence-electron chi connectivity index (χ2n) is 4.91. The van der Waals surface area contributed by atoms with Gasteiger partial charge in [-0.15, -0.1) is 0 Å². The molecule has 0 radical (unpaired) electrons. The molecule has 0 aliphatic carbocycles. The fourth-order valence-electron chi connectivity index (χ4n) is 2.02. The molecular weight excluding hydrogens is 315 g/mol. The summed E-state index contributed by atoms with van der Waals surface area (Å²) in [6, 6.07) is 3.46. The molecule has 0 unspecified atom stereocenters. The van der Waals surface area contributed by atoms with E-state index in [4.69, 9.17) is 5.73 Å². The second kappa shape index (κ2) is 6.20. The summed E-state index contributed by atoms with van der Waals surface area (Å²) in [7, 11) is 0. The molecule has 0 spiro atoms. The standard InChI is InChI=1S/C14H16F3N3OS/c1-3-6-20-11-7-9(14(15,16)17)4-5-10(11)19-13(20)22-8(2)12(18)21/h4-5,7-8H,3,6H2,1-2H3,(H2,18,21)/t8-/m0/s1. The number of fused-ring (bicyclic) bond motifs is 1. The summed E-state index contributed by atoms with van der Waals surface area (Å²) in [5.41, 5.74) is 5.41. The number of nitrogens with zero attached hydrogens (tertiary/aromatic N) is 2. The van der Waals surface area contributed by atoms with Crippen molar-refractivity contribution in [2.45, 2.75) is 43.4 Å². The van der Waals surface area contributed by atoms with Gasteiger partial charge < -0.3 is 10.3 Å². The Balaban J connectivity index is 2.53. The highest BCUT2D eigenvalue weighted by Crippen LogP contribution is 2.33. The largest absolute Gasteiger partial charge is 0.416 e. The van der Waals surface area contributed by atoms with Gasteiger partial charge in [-0.3, -0.25) is 4.79 Å². The van der Waals surface area contributed by atoms with E-state index in [1.807, 2.05) is 6.92 Å². The predicted molar refractivity (Wildman–Crippen MR) is 79.5 cm³/mol. The van der Waals surface area contributed by atoms with E-state index in [9.17, 15) is 18.0 Å². The minimum absolute atomic E-state index is 0.413. The third kappa shape index (κ3) is 3.37. The highest BCUT2D eigenvalue weighted by atomic mass is 32.2. The maximum absolute atomic E-state index is 12.9. The highest BCUT2D eigenvalue weighted by Gasteiger charge is 2.31. The Morgan fingerprint density at radius 1 is 1.45 bits per heavy atom. The van der Waals surface area contributed by atoms with Crippen molar-refractivity contribution < 1.29 is 18.0 Å². The van der Waals surface area contributed by atoms with Crippen LogP contribution in [0.5, 0.6) is 0 Å². The van der Waals surface area contributed by atoms with Crippen molar-refractivity contribution in [1.82, 2.24) is 9.55 Å². The van der Waals surface area contributed by atoms with Gasteiger partial charge in [-0.2, -0.15) is 13.2 Å². The molecule has 0 saturated heterocycles. The first-order valence-corrected chi connectivity index (χ1v) is 7.65. The third-order valence-corrected chi connectivity index (χ3v) is 4.28. The summed E-state index contributed by atoms with van der Waals surface area (Å²) in [6.45, 7) is 4.08. The van der Waals surface area contributed by atoms with E-state index in [2.05, 4.69) is 4.98 Å². The Morgan fingerprint density at radius 3 is 2.68 bits per heavy atom. The average molecular weight is 331 g/mol. The van der Waals surface area contributed by atoms with Gasteiger partial charge in [0.05, 0.1) is 21.8 Å². The van der Waals surface area contributed by atoms with Crippen molar-refractivity contribution in [2.24, 2.45) is 5.73 Å². The molecule has 1 amide bonds. The number of amides is 1. The molecule has 1 aromatic heterocycles. The Morgan fingerprint density at radius 2 is 2.14 bits per heavy atom. The first kappa shape index (κ1) is 16.7. The summed E-state index contributed by atoms with van der Waals surface area (Å²) >= 11 is 1.15. The van der Waals surface area contributed by atoms with E-state index in [-0.39, 0.29) is 0 Å². The van der Waals surface area contributed by atoms with Gasteiger partial charge >= 0.3 is 6.18 Å². The molecule has 1 heterocycles. The summed E-state index contributed by atoms with van der Waals surface area (Å²) in [6.07, 6.45) is -3.66. The minimum atomic E-state index is -4.40. The molecule has 8 heteroatoms. The predicted octanol–water partition coefficient (Wildman–Crippen LogP) is 3.43. The summed E-state index contributed by atoms with van der Waals surface area (Å²) in [4.78, 5) is 15.5. The van der Waals surface area contributed by atoms with Crippen molar-refractivity contribution in [2.75, 3.05) is 0 Å². The maximum atomic E-state index is 12.9. The van der Waals surface area contributed by atoms with E-state index >= 15 is 0 Å². The number of hydrogen-bond donors (Lipinski definition) is 1. The number of thioether (sulfide) groups is 1. The van der Waals surface area contributed by atoms with Crippen molar-refractivity contribution in [3.8, 4) is 0 Å². The third-order valence-electron chi connectivity index (χ3n) is 3.17. The van der Waals surface area contributed by atoms with Crippen LogP contribution in [0.2, 0.25) is 0 Å². The number of aryl methyl sites for hydroxylation is 1. The first-order valence-electron chi connectivity index (χ1n) is 6.77. The molecule has 0 aliphatic heterocycles. The fraction of sp³-hybridized carbons (Fsp3) is 0.429. The number of alkyl halides is 3. The number of hydrogen-bond acceptors (Lipinski definition) is 3. The van der Waals surface area contributed by atoms with Crippen molar-refractivity contribution in [3.05, 3.63) is 23.8 Å². The van der Waals surface area contributed by atoms with E-state index in [0.717, 1.165) is 30.3 Å². The normalized spacial score (nSPS) is 13.5. The van der Waals surface area contributed by atoms with Crippen LogP contribution in [0.15, 0.2) is 23.4 Å². The van der Waals surface area contributed by atoms with Gasteiger partial charge in [0.1, 0.15) is 0 Å². The number of aromatic nitrogens is 2. The second-order valence-corrected chi connectivity index (χ2v) is 6.22. The lowest BCUT2D eigenvalue weighted by molar-refractivity contribution is -0.137. The fourth-order valence-corrected chi connectivity index (χ4v) is 2.92. The van der Waals surface area contributed by atoms with Crippen LogP contribution in [0.4, 0.5) is 13.2 Å². The quantitative estimate of drug-likeness (QED) is 0.854. The van der Waals surface area contributed by atoms with Crippen LogP contribution in [0, 0.1) is 0 Å². The SMILES string of the molecule is CCCn1c(S[C@@H](C)C(N)=O)nc2ccc(C(F)(F)F)cc21. The molecule has 2 aromatic rings. The van der Waals surface area contributed by atoms with Gasteiger partial charge in [0, 0.05) is 6.54 Å². The molecule has 0 bridgehead atoms. The molecule has 22 heavy (non-hydrogen) atoms. The van der Waals surface area contributed by atoms with Gasteiger partial charge in [-0.1, -0.05) is 18.7 Å². The lowest BCUT2D eigenvalue weighted by Gasteiger charge is -2.11. The number of nitrogens with two attached hydrogens (primary N) is 1. The van der Waals surface area contributed by atoms with Crippen LogP contribution in [-0.4, -0.2) is 20.7 Å². The van der Waals surface area contributed by atoms with Crippen LogP contribution < -0.4 is 5.73 Å². The number of rotatable bonds is 5. The van der Waals surface area contributed by atoms with Crippen LogP contribution in [-0.2, 0) is 17.5 Å². The summed E-state index contributed by atoms with van der Waals surface area (Å²) < 4.78 is 40.3. The Hall–Kier alpha value is -1.70. The van der Waals surface area contributed by atoms with E-state index in [1.165, 1.54) is 6.07 Å². The zero-order valence-electron chi connectivity index (χ0n) is 12.1. The Labute approximate surface area is 129 Å². The number of benzene rings is 1. The summed E-state index contributed by atoms with van der Waals surface area (Å²) in [5.74, 6) is -0.490. The Bertz CT molecular complexity index is 696. The summed E-state index contributed by atoms with van der Waals surface area (Å²) in [5, 5.41) is -0.00280. The van der Waals surface area contributed by atoms with Gasteiger partial charge in [-0.05, 0) is 31.5 Å². The van der Waals surface area contributed by atoms with Gasteiger partial charge in [0.25, 0.3) is 0 Å². The van der Waals surface area contributed by atoms with Crippen LogP contribution in [0.25, 0.3) is 11.0 Å². The average Bonchev–Trinajstić information content (AvgIpc) is 2.75. The van der Waals surface area contributed by atoms with E-state index < -0.39 is 22.9 Å². The number of carbonyl (C=O) groups is 1. The van der Waals surface area contributed by atoms with Crippen LogP contribution >= 0.6 is 11.8 Å². The van der Waals surface area contributed by atoms with Gasteiger partial charge in [0.15, 0.2) is 5.16 Å². The molecule has 1 atom stereocenters.